The molecule has 0 spiro atoms. The summed E-state index contributed by atoms with van der Waals surface area (Å²) in [6.07, 6.45) is 6.92. The molecule has 1 fully saturated rings. The summed E-state index contributed by atoms with van der Waals surface area (Å²) >= 11 is 0. The van der Waals surface area contributed by atoms with Crippen LogP contribution in [0.5, 0.6) is 0 Å². The maximum Gasteiger partial charge on any atom is 0.407 e. The van der Waals surface area contributed by atoms with E-state index < -0.39 is 6.09 Å². The number of nitrogens with zero attached hydrogens (tertiary/aromatic N) is 4. The van der Waals surface area contributed by atoms with Crippen molar-refractivity contribution in [1.82, 2.24) is 15.0 Å². The van der Waals surface area contributed by atoms with Gasteiger partial charge < -0.3 is 19.4 Å². The van der Waals surface area contributed by atoms with Crippen molar-refractivity contribution in [1.29, 1.82) is 5.26 Å². The second kappa shape index (κ2) is 10.5. The molecule has 34 heavy (non-hydrogen) atoms. The number of aromatic nitrogens is 1. The molecule has 1 aliphatic rings. The first-order chi connectivity index (χ1) is 16.4. The van der Waals surface area contributed by atoms with E-state index in [9.17, 15) is 4.79 Å². The minimum atomic E-state index is -0.821. The summed E-state index contributed by atoms with van der Waals surface area (Å²) in [7, 11) is 4.07. The summed E-state index contributed by atoms with van der Waals surface area (Å²) in [5.74, 6) is 0.512. The Labute approximate surface area is 199 Å². The summed E-state index contributed by atoms with van der Waals surface area (Å²) in [6.45, 7) is 1.95. The minimum Gasteiger partial charge on any atom is -0.465 e. The van der Waals surface area contributed by atoms with Gasteiger partial charge in [0.1, 0.15) is 0 Å². The molecule has 0 unspecified atom stereocenters. The Morgan fingerprint density at radius 1 is 1.21 bits per heavy atom. The van der Waals surface area contributed by atoms with Crippen LogP contribution >= 0.6 is 0 Å². The van der Waals surface area contributed by atoms with Crippen molar-refractivity contribution in [3.05, 3.63) is 64.3 Å². The van der Waals surface area contributed by atoms with E-state index in [-0.39, 0.29) is 0 Å². The van der Waals surface area contributed by atoms with Crippen LogP contribution in [-0.2, 0) is 13.0 Å². The lowest BCUT2D eigenvalue weighted by Gasteiger charge is -2.29. The maximum atomic E-state index is 11.1. The number of piperidine rings is 1. The van der Waals surface area contributed by atoms with E-state index in [1.54, 1.807) is 0 Å². The average molecular weight is 459 g/mol. The summed E-state index contributed by atoms with van der Waals surface area (Å²) in [5.41, 5.74) is 5.65. The molecule has 4 rings (SSSR count). The van der Waals surface area contributed by atoms with Gasteiger partial charge in [-0.2, -0.15) is 5.26 Å². The number of amides is 1. The number of hydrogen-bond acceptors (Lipinski definition) is 5. The predicted octanol–water partition coefficient (Wildman–Crippen LogP) is 5.25. The molecule has 1 N–H and O–H groups in total. The summed E-state index contributed by atoms with van der Waals surface area (Å²) in [6, 6.07) is 13.9. The van der Waals surface area contributed by atoms with Crippen LogP contribution in [0.25, 0.3) is 23.1 Å². The van der Waals surface area contributed by atoms with Crippen molar-refractivity contribution in [3.63, 3.8) is 0 Å². The molecular formula is C27H30N4O3. The number of likely N-dealkylation sites (tertiary alicyclic amines) is 1. The molecule has 0 aliphatic carbocycles. The van der Waals surface area contributed by atoms with Gasteiger partial charge in [-0.3, -0.25) is 0 Å². The van der Waals surface area contributed by atoms with E-state index in [0.717, 1.165) is 65.6 Å². The van der Waals surface area contributed by atoms with Crippen LogP contribution in [0, 0.1) is 17.2 Å². The molecule has 0 saturated carbocycles. The van der Waals surface area contributed by atoms with Gasteiger partial charge in [-0.15, -0.1) is 0 Å². The largest absolute Gasteiger partial charge is 0.465 e. The Morgan fingerprint density at radius 2 is 1.94 bits per heavy atom. The van der Waals surface area contributed by atoms with Crippen molar-refractivity contribution in [2.24, 2.45) is 5.92 Å². The highest BCUT2D eigenvalue weighted by Gasteiger charge is 2.23. The number of carbonyl (C=O) groups is 1. The topological polar surface area (TPSA) is 93.6 Å². The van der Waals surface area contributed by atoms with Gasteiger partial charge >= 0.3 is 6.09 Å². The number of carboxylic acid groups (broad SMARTS) is 1. The smallest absolute Gasteiger partial charge is 0.407 e. The Kier molecular flexibility index (Phi) is 7.29. The van der Waals surface area contributed by atoms with Crippen molar-refractivity contribution in [3.8, 4) is 6.07 Å². The Morgan fingerprint density at radius 3 is 2.59 bits per heavy atom. The number of aryl methyl sites for hydroxylation is 1. The highest BCUT2D eigenvalue weighted by molar-refractivity contribution is 5.87. The van der Waals surface area contributed by atoms with Crippen LogP contribution in [0.3, 0.4) is 0 Å². The van der Waals surface area contributed by atoms with E-state index in [1.807, 2.05) is 44.4 Å². The first kappa shape index (κ1) is 23.5. The van der Waals surface area contributed by atoms with E-state index in [0.29, 0.717) is 24.6 Å². The monoisotopic (exact) mass is 458 g/mol. The van der Waals surface area contributed by atoms with E-state index in [1.165, 1.54) is 4.90 Å². The molecule has 2 aromatic carbocycles. The SMILES string of the molecule is CN(C)Cc1c(/C=C/c2ccc(C#N)cc2)ccc2c(CCC3CCN(C(=O)O)CC3)noc12. The number of fused-ring (bicyclic) bond motifs is 1. The minimum absolute atomic E-state index is 0.512. The molecule has 7 heteroatoms. The maximum absolute atomic E-state index is 11.1. The van der Waals surface area contributed by atoms with Gasteiger partial charge in [0.15, 0.2) is 5.58 Å². The lowest BCUT2D eigenvalue weighted by atomic mass is 9.91. The Hall–Kier alpha value is -3.63. The Balaban J connectivity index is 1.52. The molecule has 1 aromatic heterocycles. The fourth-order valence-corrected chi connectivity index (χ4v) is 4.55. The lowest BCUT2D eigenvalue weighted by Crippen LogP contribution is -2.37. The quantitative estimate of drug-likeness (QED) is 0.486. The zero-order chi connectivity index (χ0) is 24.1. The summed E-state index contributed by atoms with van der Waals surface area (Å²) in [4.78, 5) is 14.7. The molecular weight excluding hydrogens is 428 g/mol. The van der Waals surface area contributed by atoms with Crippen LogP contribution in [-0.4, -0.2) is 53.3 Å². The molecule has 176 valence electrons. The van der Waals surface area contributed by atoms with Crippen LogP contribution in [0.15, 0.2) is 40.9 Å². The van der Waals surface area contributed by atoms with Gasteiger partial charge in [0.25, 0.3) is 0 Å². The van der Waals surface area contributed by atoms with Crippen LogP contribution < -0.4 is 0 Å². The molecule has 0 radical (unpaired) electrons. The third-order valence-corrected chi connectivity index (χ3v) is 6.50. The van der Waals surface area contributed by atoms with Crippen molar-refractivity contribution < 1.29 is 14.4 Å². The van der Waals surface area contributed by atoms with E-state index in [2.05, 4.69) is 34.3 Å². The zero-order valence-corrected chi connectivity index (χ0v) is 19.7. The molecule has 3 aromatic rings. The zero-order valence-electron chi connectivity index (χ0n) is 19.7. The molecule has 0 atom stereocenters. The number of rotatable bonds is 7. The van der Waals surface area contributed by atoms with Crippen LogP contribution in [0.4, 0.5) is 4.79 Å². The van der Waals surface area contributed by atoms with Gasteiger partial charge in [-0.25, -0.2) is 4.79 Å². The van der Waals surface area contributed by atoms with Crippen LogP contribution in [0.1, 0.15) is 47.2 Å². The standard InChI is InChI=1S/C27H30N4O3/c1-30(2)18-24-22(9-7-19-3-5-21(17-28)6-4-19)10-11-23-25(29-34-26(23)24)12-8-20-13-15-31(16-14-20)27(32)33/h3-7,9-11,20H,8,12-16,18H2,1-2H3,(H,32,33)/b9-7+. The van der Waals surface area contributed by atoms with Gasteiger partial charge in [0, 0.05) is 30.6 Å². The van der Waals surface area contributed by atoms with Crippen molar-refractivity contribution >= 4 is 29.2 Å². The molecule has 1 amide bonds. The van der Waals surface area contributed by atoms with Crippen LogP contribution in [0.2, 0.25) is 0 Å². The van der Waals surface area contributed by atoms with Gasteiger partial charge in [-0.05, 0) is 75.0 Å². The average Bonchev–Trinajstić information content (AvgIpc) is 3.26. The highest BCUT2D eigenvalue weighted by Crippen LogP contribution is 2.30. The first-order valence-corrected chi connectivity index (χ1v) is 11.7. The first-order valence-electron chi connectivity index (χ1n) is 11.7. The van der Waals surface area contributed by atoms with Gasteiger partial charge in [0.2, 0.25) is 0 Å². The number of hydrogen-bond donors (Lipinski definition) is 1. The summed E-state index contributed by atoms with van der Waals surface area (Å²) in [5, 5.41) is 23.6. The lowest BCUT2D eigenvalue weighted by molar-refractivity contribution is 0.123. The normalized spacial score (nSPS) is 14.8. The van der Waals surface area contributed by atoms with E-state index >= 15 is 0 Å². The predicted molar refractivity (Wildman–Crippen MR) is 132 cm³/mol. The second-order valence-electron chi connectivity index (χ2n) is 9.20. The molecule has 1 aliphatic heterocycles. The third kappa shape index (κ3) is 5.46. The Bertz CT molecular complexity index is 1210. The fourth-order valence-electron chi connectivity index (χ4n) is 4.55. The number of nitriles is 1. The molecule has 1 saturated heterocycles. The van der Waals surface area contributed by atoms with E-state index in [4.69, 9.17) is 14.9 Å². The summed E-state index contributed by atoms with van der Waals surface area (Å²) < 4.78 is 5.86. The third-order valence-electron chi connectivity index (χ3n) is 6.50. The van der Waals surface area contributed by atoms with Gasteiger partial charge in [-0.1, -0.05) is 35.5 Å². The van der Waals surface area contributed by atoms with Crippen molar-refractivity contribution in [2.45, 2.75) is 32.2 Å². The molecule has 0 bridgehead atoms. The fraction of sp³-hybridized carbons (Fsp3) is 0.370. The molecule has 7 nitrogen and oxygen atoms in total. The van der Waals surface area contributed by atoms with Crippen molar-refractivity contribution in [2.75, 3.05) is 27.2 Å². The highest BCUT2D eigenvalue weighted by atomic mass is 16.5. The second-order valence-corrected chi connectivity index (χ2v) is 9.20. The van der Waals surface area contributed by atoms with Gasteiger partial charge in [0.05, 0.1) is 17.3 Å². The number of benzene rings is 2. The molecule has 2 heterocycles.